The van der Waals surface area contributed by atoms with Crippen LogP contribution >= 0.6 is 11.3 Å². The molecule has 2 aromatic heterocycles. The topological polar surface area (TPSA) is 67.6 Å². The van der Waals surface area contributed by atoms with Crippen molar-refractivity contribution in [3.63, 3.8) is 0 Å². The highest BCUT2D eigenvalue weighted by Crippen LogP contribution is 2.38. The van der Waals surface area contributed by atoms with Gasteiger partial charge in [0.1, 0.15) is 17.6 Å². The van der Waals surface area contributed by atoms with E-state index >= 15 is 0 Å². The molecule has 0 spiro atoms. The molecule has 32 heavy (non-hydrogen) atoms. The Morgan fingerprint density at radius 2 is 1.94 bits per heavy atom. The fourth-order valence-corrected chi connectivity index (χ4v) is 4.32. The highest BCUT2D eigenvalue weighted by molar-refractivity contribution is 7.14. The van der Waals surface area contributed by atoms with Crippen molar-refractivity contribution in [1.82, 2.24) is 10.3 Å². The summed E-state index contributed by atoms with van der Waals surface area (Å²) in [6.45, 7) is 4.24. The summed E-state index contributed by atoms with van der Waals surface area (Å²) in [5, 5.41) is 5.67. The molecule has 0 unspecified atom stereocenters. The van der Waals surface area contributed by atoms with Gasteiger partial charge in [-0.25, -0.2) is 4.98 Å². The number of benzene rings is 2. The Morgan fingerprint density at radius 1 is 1.16 bits per heavy atom. The van der Waals surface area contributed by atoms with Crippen LogP contribution in [0.3, 0.4) is 0 Å². The minimum Gasteiger partial charge on any atom is -0.495 e. The van der Waals surface area contributed by atoms with E-state index in [1.165, 1.54) is 16.9 Å². The molecular weight excluding hydrogens is 422 g/mol. The van der Waals surface area contributed by atoms with Gasteiger partial charge >= 0.3 is 0 Å². The summed E-state index contributed by atoms with van der Waals surface area (Å²) in [5.74, 6) is 1.23. The number of carbonyl (C=O) groups excluding carboxylic acids is 1. The quantitative estimate of drug-likeness (QED) is 0.383. The van der Waals surface area contributed by atoms with Crippen LogP contribution in [0.25, 0.3) is 11.3 Å². The second kappa shape index (κ2) is 9.70. The highest BCUT2D eigenvalue weighted by atomic mass is 32.1. The first kappa shape index (κ1) is 21.6. The van der Waals surface area contributed by atoms with E-state index < -0.39 is 6.04 Å². The van der Waals surface area contributed by atoms with Gasteiger partial charge in [0.05, 0.1) is 31.3 Å². The summed E-state index contributed by atoms with van der Waals surface area (Å²) in [4.78, 5) is 19.9. The second-order valence-corrected chi connectivity index (χ2v) is 8.23. The highest BCUT2D eigenvalue weighted by Gasteiger charge is 2.28. The lowest BCUT2D eigenvalue weighted by molar-refractivity contribution is -0.122. The number of hydrogen-bond donors (Lipinski definition) is 1. The van der Waals surface area contributed by atoms with Crippen molar-refractivity contribution in [3.8, 4) is 17.0 Å². The molecule has 4 aromatic rings. The van der Waals surface area contributed by atoms with Crippen LogP contribution in [0, 0.1) is 6.92 Å². The van der Waals surface area contributed by atoms with E-state index in [0.29, 0.717) is 23.2 Å². The third-order valence-electron chi connectivity index (χ3n) is 5.17. The molecule has 1 amide bonds. The number of nitrogens with zero attached hydrogens (tertiary/aromatic N) is 2. The number of anilines is 2. The first-order valence-corrected chi connectivity index (χ1v) is 11.2. The van der Waals surface area contributed by atoms with Crippen LogP contribution in [0.4, 0.5) is 10.8 Å². The fraction of sp³-hybridized carbons (Fsp3) is 0.200. The Balaban J connectivity index is 1.66. The minimum absolute atomic E-state index is 0.139. The number of rotatable bonds is 8. The van der Waals surface area contributed by atoms with Crippen LogP contribution in [0.2, 0.25) is 0 Å². The summed E-state index contributed by atoms with van der Waals surface area (Å²) in [7, 11) is 1.62. The Hall–Kier alpha value is -3.58. The summed E-state index contributed by atoms with van der Waals surface area (Å²) >= 11 is 1.49. The lowest BCUT2D eigenvalue weighted by Crippen LogP contribution is -2.42. The molecule has 1 atom stereocenters. The van der Waals surface area contributed by atoms with Gasteiger partial charge in [0.25, 0.3) is 0 Å². The summed E-state index contributed by atoms with van der Waals surface area (Å²) in [6, 6.07) is 19.0. The van der Waals surface area contributed by atoms with Crippen LogP contribution in [0.15, 0.2) is 76.7 Å². The van der Waals surface area contributed by atoms with Gasteiger partial charge in [-0.2, -0.15) is 0 Å². The monoisotopic (exact) mass is 447 g/mol. The summed E-state index contributed by atoms with van der Waals surface area (Å²) < 4.78 is 10.9. The van der Waals surface area contributed by atoms with Gasteiger partial charge in [-0.3, -0.25) is 4.79 Å². The number of carbonyl (C=O) groups is 1. The van der Waals surface area contributed by atoms with Gasteiger partial charge in [0, 0.05) is 10.9 Å². The van der Waals surface area contributed by atoms with Gasteiger partial charge in [-0.15, -0.1) is 11.3 Å². The summed E-state index contributed by atoms with van der Waals surface area (Å²) in [6.07, 6.45) is 1.59. The predicted molar refractivity (Wildman–Crippen MR) is 127 cm³/mol. The smallest absolute Gasteiger partial charge is 0.243 e. The van der Waals surface area contributed by atoms with Gasteiger partial charge in [-0.05, 0) is 38.1 Å². The molecule has 0 bridgehead atoms. The number of nitrogens with one attached hydrogen (secondary N) is 1. The number of furan rings is 1. The average molecular weight is 448 g/mol. The van der Waals surface area contributed by atoms with Gasteiger partial charge in [-0.1, -0.05) is 42.0 Å². The molecule has 6 nitrogen and oxygen atoms in total. The largest absolute Gasteiger partial charge is 0.495 e. The number of para-hydroxylation sites is 2. The normalized spacial score (nSPS) is 11.7. The van der Waals surface area contributed by atoms with Crippen molar-refractivity contribution in [3.05, 3.63) is 83.6 Å². The Morgan fingerprint density at radius 3 is 2.66 bits per heavy atom. The Labute approximate surface area is 191 Å². The molecule has 0 aliphatic heterocycles. The van der Waals surface area contributed by atoms with Crippen LogP contribution < -0.4 is 15.0 Å². The zero-order valence-corrected chi connectivity index (χ0v) is 19.1. The molecule has 0 saturated heterocycles. The van der Waals surface area contributed by atoms with E-state index in [9.17, 15) is 4.79 Å². The van der Waals surface area contributed by atoms with E-state index in [1.54, 1.807) is 19.4 Å². The lowest BCUT2D eigenvalue weighted by atomic mass is 10.1. The Bertz CT molecular complexity index is 1170. The van der Waals surface area contributed by atoms with Crippen molar-refractivity contribution >= 4 is 28.1 Å². The van der Waals surface area contributed by atoms with Gasteiger partial charge in [0.15, 0.2) is 5.13 Å². The second-order valence-electron chi connectivity index (χ2n) is 7.40. The van der Waals surface area contributed by atoms with Crippen LogP contribution in [0.5, 0.6) is 5.75 Å². The Kier molecular flexibility index (Phi) is 6.56. The van der Waals surface area contributed by atoms with Crippen molar-refractivity contribution in [2.24, 2.45) is 0 Å². The van der Waals surface area contributed by atoms with E-state index in [-0.39, 0.29) is 5.91 Å². The molecule has 2 heterocycles. The molecule has 164 valence electrons. The molecule has 0 fully saturated rings. The third-order valence-corrected chi connectivity index (χ3v) is 6.01. The van der Waals surface area contributed by atoms with Crippen molar-refractivity contribution in [2.45, 2.75) is 26.4 Å². The number of hydrogen-bond acceptors (Lipinski definition) is 6. The molecular formula is C25H25N3O3S. The maximum absolute atomic E-state index is 13.1. The minimum atomic E-state index is -0.529. The molecule has 0 aliphatic rings. The number of ether oxygens (including phenoxy) is 1. The van der Waals surface area contributed by atoms with E-state index in [0.717, 1.165) is 16.9 Å². The zero-order valence-electron chi connectivity index (χ0n) is 18.2. The molecule has 4 rings (SSSR count). The van der Waals surface area contributed by atoms with Crippen molar-refractivity contribution in [2.75, 3.05) is 12.0 Å². The number of aromatic nitrogens is 1. The maximum atomic E-state index is 13.1. The SMILES string of the molecule is COc1ccccc1N(c1nc(-c2ccc(C)cc2)cs1)[C@@H](C)C(=O)NCc1ccco1. The zero-order chi connectivity index (χ0) is 22.5. The van der Waals surface area contributed by atoms with E-state index in [1.807, 2.05) is 47.5 Å². The molecule has 0 aliphatic carbocycles. The predicted octanol–water partition coefficient (Wildman–Crippen LogP) is 5.56. The number of thiazole rings is 1. The molecule has 1 N–H and O–H groups in total. The molecule has 2 aromatic carbocycles. The van der Waals surface area contributed by atoms with Crippen LogP contribution in [0.1, 0.15) is 18.2 Å². The van der Waals surface area contributed by atoms with Crippen LogP contribution in [-0.2, 0) is 11.3 Å². The van der Waals surface area contributed by atoms with E-state index in [4.69, 9.17) is 14.1 Å². The number of methoxy groups -OCH3 is 1. The summed E-state index contributed by atoms with van der Waals surface area (Å²) in [5.41, 5.74) is 3.88. The first-order valence-electron chi connectivity index (χ1n) is 10.3. The van der Waals surface area contributed by atoms with E-state index in [2.05, 4.69) is 36.5 Å². The maximum Gasteiger partial charge on any atom is 0.243 e. The standard InChI is InChI=1S/C25H25N3O3S/c1-17-10-12-19(13-11-17)21-16-32-25(27-21)28(22-8-4-5-9-23(22)30-3)18(2)24(29)26-15-20-7-6-14-31-20/h4-14,16,18H,15H2,1-3H3,(H,26,29)/t18-/m0/s1. The van der Waals surface area contributed by atoms with Gasteiger partial charge in [0.2, 0.25) is 5.91 Å². The lowest BCUT2D eigenvalue weighted by Gasteiger charge is -2.29. The number of aryl methyl sites for hydroxylation is 1. The average Bonchev–Trinajstić information content (AvgIpc) is 3.51. The first-order chi connectivity index (χ1) is 15.6. The third kappa shape index (κ3) is 4.68. The molecule has 7 heteroatoms. The van der Waals surface area contributed by atoms with Crippen molar-refractivity contribution in [1.29, 1.82) is 0 Å². The van der Waals surface area contributed by atoms with Gasteiger partial charge < -0.3 is 19.4 Å². The molecule has 0 saturated carbocycles. The van der Waals surface area contributed by atoms with Crippen LogP contribution in [-0.4, -0.2) is 24.0 Å². The number of amides is 1. The fourth-order valence-electron chi connectivity index (χ4n) is 3.39. The van der Waals surface area contributed by atoms with Crippen molar-refractivity contribution < 1.29 is 13.9 Å². The molecule has 0 radical (unpaired) electrons.